The Balaban J connectivity index is 0. The molecular formula is C37H71N5O10S2. The minimum Gasteiger partial charge on any atom is -0.481 e. The molecule has 2 unspecified atom stereocenters. The first-order chi connectivity index (χ1) is 26.1. The van der Waals surface area contributed by atoms with Gasteiger partial charge in [-0.3, -0.25) is 33.5 Å². The van der Waals surface area contributed by atoms with E-state index in [0.717, 1.165) is 38.5 Å². The van der Waals surface area contributed by atoms with Gasteiger partial charge in [-0.05, 0) is 50.5 Å². The number of nitrogens with one attached hydrogen (secondary N) is 4. The standard InChI is InChI=1S/C35H65N5O10S2.C2H6/c36-34(47)28(20-21-33(45)46)40-52-35(48)29(39-51)17-15-16-22-37-31(42)27-50-26-25-49-24-23-38-30(41)18-13-11-9-7-5-3-1-2-4-6-8-10-12-14-19-32(43)44;1-2/h28-29,39-40,51H,1-27H2,(H2,36,47)(H,37,42)(H,38,41)(H,43,44)(H,45,46);1-2H3. The number of carbonyl (C=O) groups excluding carboxylic acids is 4. The first kappa shape index (κ1) is 53.7. The molecule has 3 amide bonds. The van der Waals surface area contributed by atoms with Crippen molar-refractivity contribution in [3.63, 3.8) is 0 Å². The molecule has 316 valence electrons. The van der Waals surface area contributed by atoms with Crippen molar-refractivity contribution in [1.29, 1.82) is 0 Å². The SMILES string of the molecule is CC.NC(=O)C(CCC(=O)O)NSC(=O)C(CCCCNC(=O)COCCOCCNC(=O)CCCCCCCCCCCCCCCCC(=O)O)NS. The monoisotopic (exact) mass is 809 g/mol. The smallest absolute Gasteiger partial charge is 0.303 e. The summed E-state index contributed by atoms with van der Waals surface area (Å²) in [6.45, 7) is 5.63. The van der Waals surface area contributed by atoms with Gasteiger partial charge in [0.15, 0.2) is 0 Å². The van der Waals surface area contributed by atoms with E-state index in [2.05, 4.69) is 32.9 Å². The highest BCUT2D eigenvalue weighted by molar-refractivity contribution is 8.12. The zero-order chi connectivity index (χ0) is 40.7. The van der Waals surface area contributed by atoms with Gasteiger partial charge >= 0.3 is 11.9 Å². The number of ether oxygens (including phenoxy) is 2. The summed E-state index contributed by atoms with van der Waals surface area (Å²) in [5.41, 5.74) is 5.26. The second-order valence-electron chi connectivity index (χ2n) is 12.8. The van der Waals surface area contributed by atoms with Crippen LogP contribution >= 0.6 is 24.8 Å². The molecule has 0 aromatic heterocycles. The van der Waals surface area contributed by atoms with E-state index in [1.807, 2.05) is 13.8 Å². The molecule has 0 saturated carbocycles. The molecule has 0 rings (SSSR count). The normalized spacial score (nSPS) is 11.9. The van der Waals surface area contributed by atoms with Crippen LogP contribution < -0.4 is 25.8 Å². The third-order valence-corrected chi connectivity index (χ3v) is 9.39. The summed E-state index contributed by atoms with van der Waals surface area (Å²) in [6.07, 6.45) is 18.2. The van der Waals surface area contributed by atoms with Gasteiger partial charge in [0.1, 0.15) is 6.61 Å². The molecule has 2 atom stereocenters. The lowest BCUT2D eigenvalue weighted by molar-refractivity contribution is -0.138. The van der Waals surface area contributed by atoms with Crippen LogP contribution in [0, 0.1) is 0 Å². The van der Waals surface area contributed by atoms with E-state index >= 15 is 0 Å². The summed E-state index contributed by atoms with van der Waals surface area (Å²) in [6, 6.07) is -1.58. The Hall–Kier alpha value is -2.44. The van der Waals surface area contributed by atoms with Crippen LogP contribution in [-0.4, -0.2) is 96.6 Å². The van der Waals surface area contributed by atoms with Crippen molar-refractivity contribution in [2.24, 2.45) is 5.73 Å². The quantitative estimate of drug-likeness (QED) is 0.0232. The number of rotatable bonds is 38. The lowest BCUT2D eigenvalue weighted by Gasteiger charge is -2.17. The molecule has 0 aliphatic carbocycles. The van der Waals surface area contributed by atoms with Gasteiger partial charge in [-0.15, -0.1) is 0 Å². The molecule has 54 heavy (non-hydrogen) atoms. The number of aliphatic carboxylic acids is 2. The number of carboxylic acid groups (broad SMARTS) is 2. The van der Waals surface area contributed by atoms with Crippen molar-refractivity contribution in [2.45, 2.75) is 161 Å². The molecular weight excluding hydrogens is 739 g/mol. The van der Waals surface area contributed by atoms with Crippen LogP contribution in [0.2, 0.25) is 0 Å². The van der Waals surface area contributed by atoms with E-state index in [1.54, 1.807) is 0 Å². The number of carboxylic acids is 2. The highest BCUT2D eigenvalue weighted by Crippen LogP contribution is 2.14. The van der Waals surface area contributed by atoms with Crippen molar-refractivity contribution in [2.75, 3.05) is 39.5 Å². The van der Waals surface area contributed by atoms with E-state index in [4.69, 9.17) is 25.4 Å². The number of carbonyl (C=O) groups is 6. The van der Waals surface area contributed by atoms with Gasteiger partial charge in [-0.2, -0.15) is 0 Å². The highest BCUT2D eigenvalue weighted by atomic mass is 32.2. The first-order valence-corrected chi connectivity index (χ1v) is 21.1. The Labute approximate surface area is 333 Å². The third kappa shape index (κ3) is 37.9. The maximum Gasteiger partial charge on any atom is 0.303 e. The number of hydrogen-bond acceptors (Lipinski definition) is 12. The van der Waals surface area contributed by atoms with Crippen LogP contribution in [0.3, 0.4) is 0 Å². The molecule has 0 saturated heterocycles. The molecule has 15 nitrogen and oxygen atoms in total. The Bertz CT molecular complexity index is 997. The summed E-state index contributed by atoms with van der Waals surface area (Å²) in [4.78, 5) is 69.1. The molecule has 0 aliphatic rings. The minimum absolute atomic E-state index is 0.0293. The van der Waals surface area contributed by atoms with Crippen LogP contribution in [0.4, 0.5) is 0 Å². The van der Waals surface area contributed by atoms with Gasteiger partial charge < -0.3 is 36.1 Å². The van der Waals surface area contributed by atoms with Crippen molar-refractivity contribution in [3.05, 3.63) is 0 Å². The van der Waals surface area contributed by atoms with E-state index in [1.165, 1.54) is 51.4 Å². The van der Waals surface area contributed by atoms with Gasteiger partial charge in [0.2, 0.25) is 22.8 Å². The van der Waals surface area contributed by atoms with Gasteiger partial charge in [-0.1, -0.05) is 104 Å². The lowest BCUT2D eigenvalue weighted by Crippen LogP contribution is -2.40. The summed E-state index contributed by atoms with van der Waals surface area (Å²) in [7, 11) is 0. The van der Waals surface area contributed by atoms with Crippen molar-refractivity contribution in [1.82, 2.24) is 20.1 Å². The summed E-state index contributed by atoms with van der Waals surface area (Å²) in [5.74, 6) is -2.75. The maximum atomic E-state index is 12.4. The Morgan fingerprint density at radius 1 is 0.593 bits per heavy atom. The number of amides is 3. The number of nitrogens with two attached hydrogens (primary N) is 1. The molecule has 0 fully saturated rings. The molecule has 0 aromatic carbocycles. The molecule has 0 aromatic rings. The zero-order valence-electron chi connectivity index (χ0n) is 32.8. The van der Waals surface area contributed by atoms with Gasteiger partial charge in [0, 0.05) is 32.4 Å². The molecule has 8 N–H and O–H groups in total. The molecule has 0 bridgehead atoms. The topological polar surface area (TPSA) is 235 Å². The second kappa shape index (κ2) is 40.2. The predicted octanol–water partition coefficient (Wildman–Crippen LogP) is 5.06. The number of primary amides is 1. The van der Waals surface area contributed by atoms with Crippen LogP contribution in [0.25, 0.3) is 0 Å². The number of hydrogen-bond donors (Lipinski definition) is 8. The predicted molar refractivity (Wildman–Crippen MR) is 216 cm³/mol. The molecule has 0 heterocycles. The molecule has 0 spiro atoms. The van der Waals surface area contributed by atoms with Gasteiger partial charge in [-0.25, -0.2) is 4.72 Å². The van der Waals surface area contributed by atoms with Crippen LogP contribution in [-0.2, 0) is 38.2 Å². The molecule has 0 radical (unpaired) electrons. The van der Waals surface area contributed by atoms with Gasteiger partial charge in [0.05, 0.1) is 31.9 Å². The Kier molecular flexibility index (Phi) is 40.0. The van der Waals surface area contributed by atoms with Crippen LogP contribution in [0.15, 0.2) is 0 Å². The van der Waals surface area contributed by atoms with E-state index in [9.17, 15) is 28.8 Å². The lowest BCUT2D eigenvalue weighted by atomic mass is 10.0. The Morgan fingerprint density at radius 2 is 1.09 bits per heavy atom. The fourth-order valence-corrected chi connectivity index (χ4v) is 6.28. The van der Waals surface area contributed by atoms with E-state index in [-0.39, 0.29) is 49.4 Å². The fourth-order valence-electron chi connectivity index (χ4n) is 5.13. The zero-order valence-corrected chi connectivity index (χ0v) is 34.6. The van der Waals surface area contributed by atoms with Crippen molar-refractivity contribution in [3.8, 4) is 0 Å². The van der Waals surface area contributed by atoms with E-state index in [0.29, 0.717) is 63.9 Å². The first-order valence-electron chi connectivity index (χ1n) is 19.8. The molecule has 0 aliphatic heterocycles. The second-order valence-corrected chi connectivity index (χ2v) is 13.9. The average molecular weight is 810 g/mol. The summed E-state index contributed by atoms with van der Waals surface area (Å²) < 4.78 is 16.0. The number of thiol groups is 1. The Morgan fingerprint density at radius 3 is 1.61 bits per heavy atom. The number of unbranched alkanes of at least 4 members (excludes halogenated alkanes) is 14. The van der Waals surface area contributed by atoms with Gasteiger partial charge in [0.25, 0.3) is 0 Å². The maximum absolute atomic E-state index is 12.4. The van der Waals surface area contributed by atoms with Crippen LogP contribution in [0.5, 0.6) is 0 Å². The minimum atomic E-state index is -1.07. The largest absolute Gasteiger partial charge is 0.481 e. The van der Waals surface area contributed by atoms with Crippen molar-refractivity contribution < 1.29 is 48.5 Å². The molecule has 17 heteroatoms. The summed E-state index contributed by atoms with van der Waals surface area (Å²) >= 11 is 4.67. The van der Waals surface area contributed by atoms with Crippen molar-refractivity contribution >= 4 is 59.5 Å². The summed E-state index contributed by atoms with van der Waals surface area (Å²) in [5, 5.41) is 22.7. The van der Waals surface area contributed by atoms with Crippen LogP contribution in [0.1, 0.15) is 149 Å². The third-order valence-electron chi connectivity index (χ3n) is 8.19. The average Bonchev–Trinajstić information content (AvgIpc) is 3.14. The fraction of sp³-hybridized carbons (Fsp3) is 0.838. The van der Waals surface area contributed by atoms with E-state index < -0.39 is 29.9 Å². The highest BCUT2D eigenvalue weighted by Gasteiger charge is 2.22.